The Morgan fingerprint density at radius 1 is 1.18 bits per heavy atom. The lowest BCUT2D eigenvalue weighted by atomic mass is 9.91. The van der Waals surface area contributed by atoms with E-state index in [1.165, 1.54) is 5.56 Å². The first kappa shape index (κ1) is 18.2. The topological polar surface area (TPSA) is 55.4 Å². The van der Waals surface area contributed by atoms with E-state index >= 15 is 0 Å². The summed E-state index contributed by atoms with van der Waals surface area (Å²) in [6.07, 6.45) is 1.11. The van der Waals surface area contributed by atoms with E-state index in [9.17, 15) is 9.59 Å². The van der Waals surface area contributed by atoms with E-state index in [1.54, 1.807) is 27.7 Å². The summed E-state index contributed by atoms with van der Waals surface area (Å²) < 4.78 is 5.22. The number of alkyl carbamates (subject to hydrolysis) is 1. The first-order chi connectivity index (χ1) is 10.1. The van der Waals surface area contributed by atoms with E-state index < -0.39 is 17.2 Å². The van der Waals surface area contributed by atoms with Crippen molar-refractivity contribution in [3.8, 4) is 0 Å². The summed E-state index contributed by atoms with van der Waals surface area (Å²) in [6.45, 7) is 11.3. The second kappa shape index (κ2) is 6.95. The second-order valence-corrected chi connectivity index (χ2v) is 7.24. The van der Waals surface area contributed by atoms with Crippen LogP contribution in [0.2, 0.25) is 0 Å². The molecule has 1 rings (SSSR count). The molecule has 0 saturated carbocycles. The summed E-state index contributed by atoms with van der Waals surface area (Å²) in [5.41, 5.74) is 0.248. The van der Waals surface area contributed by atoms with Crippen LogP contribution < -0.4 is 5.32 Å². The Hall–Kier alpha value is -1.84. The van der Waals surface area contributed by atoms with Gasteiger partial charge in [-0.25, -0.2) is 4.79 Å². The summed E-state index contributed by atoms with van der Waals surface area (Å²) >= 11 is 0. The fourth-order valence-corrected chi connectivity index (χ4v) is 2.14. The van der Waals surface area contributed by atoms with Crippen LogP contribution in [-0.4, -0.2) is 18.0 Å². The Morgan fingerprint density at radius 3 is 2.14 bits per heavy atom. The molecule has 1 unspecified atom stereocenters. The number of hydrogen-bond acceptors (Lipinski definition) is 3. The highest BCUT2D eigenvalue weighted by Crippen LogP contribution is 2.21. The number of nitrogens with one attached hydrogen (secondary N) is 1. The molecule has 0 aliphatic heterocycles. The molecule has 0 aliphatic rings. The molecule has 0 heterocycles. The van der Waals surface area contributed by atoms with E-state index in [-0.39, 0.29) is 0 Å². The Morgan fingerprint density at radius 2 is 1.73 bits per heavy atom. The Bertz CT molecular complexity index is 514. The van der Waals surface area contributed by atoms with Crippen LogP contribution in [0.1, 0.15) is 52.7 Å². The minimum atomic E-state index is -1.10. The van der Waals surface area contributed by atoms with Gasteiger partial charge in [-0.1, -0.05) is 38.1 Å². The van der Waals surface area contributed by atoms with Crippen molar-refractivity contribution in [2.45, 2.75) is 59.1 Å². The first-order valence-electron chi connectivity index (χ1n) is 7.62. The molecule has 0 radical (unpaired) electrons. The lowest BCUT2D eigenvalue weighted by molar-refractivity contribution is -0.113. The van der Waals surface area contributed by atoms with Gasteiger partial charge in [0.2, 0.25) is 0 Å². The Labute approximate surface area is 133 Å². The molecule has 0 fully saturated rings. The maximum atomic E-state index is 11.9. The molecule has 0 spiro atoms. The van der Waals surface area contributed by atoms with Crippen molar-refractivity contribution in [1.29, 1.82) is 0 Å². The van der Waals surface area contributed by atoms with Gasteiger partial charge in [-0.15, -0.1) is 0 Å². The Kier molecular flexibility index (Phi) is 5.75. The average molecular weight is 305 g/mol. The van der Waals surface area contributed by atoms with Gasteiger partial charge in [0.05, 0.1) is 0 Å². The summed E-state index contributed by atoms with van der Waals surface area (Å²) in [5, 5.41) is 2.65. The van der Waals surface area contributed by atoms with Crippen LogP contribution in [0.25, 0.3) is 0 Å². The lowest BCUT2D eigenvalue weighted by Gasteiger charge is -2.28. The van der Waals surface area contributed by atoms with Crippen molar-refractivity contribution in [2.75, 3.05) is 0 Å². The molecule has 1 aromatic carbocycles. The third-order valence-corrected chi connectivity index (χ3v) is 3.19. The monoisotopic (exact) mass is 305 g/mol. The Balaban J connectivity index is 2.89. The van der Waals surface area contributed by atoms with Crippen LogP contribution in [0, 0.1) is 5.92 Å². The maximum Gasteiger partial charge on any atom is 0.408 e. The average Bonchev–Trinajstić information content (AvgIpc) is 2.36. The van der Waals surface area contributed by atoms with Crippen LogP contribution in [0.4, 0.5) is 4.79 Å². The van der Waals surface area contributed by atoms with Crippen molar-refractivity contribution in [3.05, 3.63) is 35.4 Å². The van der Waals surface area contributed by atoms with Crippen molar-refractivity contribution in [1.82, 2.24) is 5.32 Å². The van der Waals surface area contributed by atoms with Crippen molar-refractivity contribution in [2.24, 2.45) is 5.92 Å². The predicted octanol–water partition coefficient (Wildman–Crippen LogP) is 3.82. The molecule has 4 heteroatoms. The summed E-state index contributed by atoms with van der Waals surface area (Å²) in [5.74, 6) is 0.572. The predicted molar refractivity (Wildman–Crippen MR) is 87.8 cm³/mol. The number of amides is 1. The highest BCUT2D eigenvalue weighted by molar-refractivity contribution is 5.77. The molecular weight excluding hydrogens is 278 g/mol. The van der Waals surface area contributed by atoms with Gasteiger partial charge in [-0.3, -0.25) is 0 Å². The normalized spacial score (nSPS) is 14.3. The largest absolute Gasteiger partial charge is 0.444 e. The van der Waals surface area contributed by atoms with Crippen molar-refractivity contribution < 1.29 is 14.3 Å². The zero-order valence-electron chi connectivity index (χ0n) is 14.4. The molecule has 1 atom stereocenters. The molecule has 0 saturated heterocycles. The molecule has 1 amide bonds. The first-order valence-corrected chi connectivity index (χ1v) is 7.62. The molecule has 22 heavy (non-hydrogen) atoms. The van der Waals surface area contributed by atoms with E-state index in [4.69, 9.17) is 4.74 Å². The van der Waals surface area contributed by atoms with Gasteiger partial charge in [0, 0.05) is 0 Å². The second-order valence-electron chi connectivity index (χ2n) is 7.24. The maximum absolute atomic E-state index is 11.9. The zero-order valence-corrected chi connectivity index (χ0v) is 14.4. The van der Waals surface area contributed by atoms with Gasteiger partial charge in [0.1, 0.15) is 17.4 Å². The summed E-state index contributed by atoms with van der Waals surface area (Å²) in [4.78, 5) is 23.4. The highest BCUT2D eigenvalue weighted by atomic mass is 16.6. The minimum absolute atomic E-state index is 0.572. The summed E-state index contributed by atoms with van der Waals surface area (Å²) in [6, 6.07) is 7.74. The zero-order chi connectivity index (χ0) is 17.0. The number of carbonyl (C=O) groups is 2. The van der Waals surface area contributed by atoms with Gasteiger partial charge in [0.25, 0.3) is 0 Å². The van der Waals surface area contributed by atoms with Crippen molar-refractivity contribution in [3.63, 3.8) is 0 Å². The van der Waals surface area contributed by atoms with Crippen LogP contribution in [0.15, 0.2) is 24.3 Å². The molecule has 4 nitrogen and oxygen atoms in total. The molecular formula is C18H27NO3. The number of carbonyl (C=O) groups excluding carboxylic acids is 2. The molecule has 1 N–H and O–H groups in total. The molecule has 0 aromatic heterocycles. The van der Waals surface area contributed by atoms with E-state index in [1.807, 2.05) is 24.3 Å². The smallest absolute Gasteiger partial charge is 0.408 e. The van der Waals surface area contributed by atoms with Crippen LogP contribution >= 0.6 is 0 Å². The number of aldehydes is 1. The van der Waals surface area contributed by atoms with Crippen LogP contribution in [0.5, 0.6) is 0 Å². The number of benzene rings is 1. The van der Waals surface area contributed by atoms with E-state index in [0.717, 1.165) is 18.3 Å². The minimum Gasteiger partial charge on any atom is -0.444 e. The van der Waals surface area contributed by atoms with Gasteiger partial charge in [-0.05, 0) is 51.2 Å². The highest BCUT2D eigenvalue weighted by Gasteiger charge is 2.30. The molecule has 0 bridgehead atoms. The molecule has 0 aliphatic carbocycles. The number of hydrogen-bond donors (Lipinski definition) is 1. The van der Waals surface area contributed by atoms with Gasteiger partial charge in [-0.2, -0.15) is 0 Å². The van der Waals surface area contributed by atoms with E-state index in [2.05, 4.69) is 19.2 Å². The quantitative estimate of drug-likeness (QED) is 0.841. The van der Waals surface area contributed by atoms with Crippen LogP contribution in [0.3, 0.4) is 0 Å². The fraction of sp³-hybridized carbons (Fsp3) is 0.556. The standard InChI is InChI=1S/C18H27NO3/c1-13(2)11-14-7-9-15(10-8-14)18(6,12-20)19-16(21)22-17(3,4)5/h7-10,12-13H,11H2,1-6H3,(H,19,21). The third-order valence-electron chi connectivity index (χ3n) is 3.19. The van der Waals surface area contributed by atoms with Gasteiger partial charge >= 0.3 is 6.09 Å². The lowest BCUT2D eigenvalue weighted by Crippen LogP contribution is -2.46. The van der Waals surface area contributed by atoms with Crippen molar-refractivity contribution >= 4 is 12.4 Å². The number of rotatable bonds is 5. The van der Waals surface area contributed by atoms with E-state index in [0.29, 0.717) is 5.92 Å². The number of ether oxygens (including phenoxy) is 1. The fourth-order valence-electron chi connectivity index (χ4n) is 2.14. The SMILES string of the molecule is CC(C)Cc1ccc(C(C)(C=O)NC(=O)OC(C)(C)C)cc1. The van der Waals surface area contributed by atoms with Crippen LogP contribution in [-0.2, 0) is 21.5 Å². The molecule has 122 valence electrons. The third kappa shape index (κ3) is 5.51. The van der Waals surface area contributed by atoms with Gasteiger partial charge < -0.3 is 14.8 Å². The molecule has 1 aromatic rings. The van der Waals surface area contributed by atoms with Gasteiger partial charge in [0.15, 0.2) is 0 Å². The summed E-state index contributed by atoms with van der Waals surface area (Å²) in [7, 11) is 0.